The predicted octanol–water partition coefficient (Wildman–Crippen LogP) is 5.41. The first-order chi connectivity index (χ1) is 24.5. The number of phenolic OH excluding ortho intramolecular Hbond substituents is 2. The number of benzene rings is 3. The van der Waals surface area contributed by atoms with E-state index in [9.17, 15) is 19.8 Å². The highest BCUT2D eigenvalue weighted by Crippen LogP contribution is 2.16. The molecule has 1 heterocycles. The number of amides is 4. The molecule has 1 unspecified atom stereocenters. The Morgan fingerprint density at radius 1 is 0.667 bits per heavy atom. The first-order valence-electron chi connectivity index (χ1n) is 17.6. The second-order valence-electron chi connectivity index (χ2n) is 13.6. The monoisotopic (exact) mass is 714 g/mol. The van der Waals surface area contributed by atoms with E-state index in [-0.39, 0.29) is 47.7 Å². The van der Waals surface area contributed by atoms with Crippen molar-refractivity contribution in [2.24, 2.45) is 0 Å². The molecule has 11 heteroatoms. The van der Waals surface area contributed by atoms with Gasteiger partial charge in [0, 0.05) is 43.8 Å². The molecule has 10 nitrogen and oxygen atoms in total. The maximum Gasteiger partial charge on any atom is 0.315 e. The summed E-state index contributed by atoms with van der Waals surface area (Å²) >= 11 is 1.65. The van der Waals surface area contributed by atoms with E-state index in [2.05, 4.69) is 61.7 Å². The number of nitrogens with one attached hydrogen (secondary N) is 4. The van der Waals surface area contributed by atoms with Crippen LogP contribution in [-0.4, -0.2) is 97.0 Å². The molecule has 0 spiro atoms. The van der Waals surface area contributed by atoms with Crippen LogP contribution in [-0.2, 0) is 25.7 Å². The second-order valence-corrected chi connectivity index (χ2v) is 14.4. The van der Waals surface area contributed by atoms with Gasteiger partial charge in [-0.3, -0.25) is 0 Å². The molecule has 3 aromatic carbocycles. The lowest BCUT2D eigenvalue weighted by Gasteiger charge is -2.31. The largest absolute Gasteiger partial charge is 0.508 e. The summed E-state index contributed by atoms with van der Waals surface area (Å²) in [5, 5.41) is 36.1. The van der Waals surface area contributed by atoms with Gasteiger partial charge in [0.2, 0.25) is 0 Å². The molecule has 0 aliphatic carbocycles. The van der Waals surface area contributed by atoms with Crippen molar-refractivity contribution in [1.29, 1.82) is 0 Å². The van der Waals surface area contributed by atoms with E-state index >= 15 is 0 Å². The van der Waals surface area contributed by atoms with Crippen molar-refractivity contribution in [2.45, 2.75) is 63.2 Å². The summed E-state index contributed by atoms with van der Waals surface area (Å²) in [6, 6.07) is 26.1. The Hall–Kier alpha value is -4.58. The van der Waals surface area contributed by atoms with E-state index in [0.29, 0.717) is 38.9 Å². The number of carbonyl (C=O) groups is 2. The highest BCUT2D eigenvalue weighted by Gasteiger charge is 2.21. The lowest BCUT2D eigenvalue weighted by Crippen LogP contribution is -2.50. The minimum Gasteiger partial charge on any atom is -0.508 e. The van der Waals surface area contributed by atoms with Crippen molar-refractivity contribution >= 4 is 23.4 Å². The summed E-state index contributed by atoms with van der Waals surface area (Å²) in [5.41, 5.74) is 4.48. The van der Waals surface area contributed by atoms with Crippen molar-refractivity contribution in [3.05, 3.63) is 118 Å². The highest BCUT2D eigenvalue weighted by atomic mass is 32.1. The molecule has 0 radical (unpaired) electrons. The van der Waals surface area contributed by atoms with E-state index in [4.69, 9.17) is 0 Å². The van der Waals surface area contributed by atoms with Gasteiger partial charge in [-0.15, -0.1) is 0 Å². The van der Waals surface area contributed by atoms with E-state index in [0.717, 1.165) is 29.5 Å². The van der Waals surface area contributed by atoms with Crippen LogP contribution in [0.3, 0.4) is 0 Å². The number of aromatic hydroxyl groups is 2. The van der Waals surface area contributed by atoms with Gasteiger partial charge in [-0.05, 0) is 124 Å². The van der Waals surface area contributed by atoms with E-state index in [1.807, 2.05) is 68.9 Å². The van der Waals surface area contributed by atoms with Crippen LogP contribution in [0.25, 0.3) is 0 Å². The van der Waals surface area contributed by atoms with E-state index in [1.54, 1.807) is 35.6 Å². The summed E-state index contributed by atoms with van der Waals surface area (Å²) in [6.07, 6.45) is 3.54. The minimum atomic E-state index is -0.216. The Kier molecular flexibility index (Phi) is 15.6. The van der Waals surface area contributed by atoms with Crippen LogP contribution >= 0.6 is 11.3 Å². The number of phenols is 2. The summed E-state index contributed by atoms with van der Waals surface area (Å²) < 4.78 is 0. The van der Waals surface area contributed by atoms with Crippen LogP contribution in [0, 0.1) is 0 Å². The molecular weight excluding hydrogens is 661 g/mol. The quantitative estimate of drug-likeness (QED) is 0.0772. The van der Waals surface area contributed by atoms with Crippen molar-refractivity contribution in [1.82, 2.24) is 31.1 Å². The van der Waals surface area contributed by atoms with Crippen molar-refractivity contribution in [2.75, 3.05) is 40.8 Å². The Labute approximate surface area is 306 Å². The number of hydrogen-bond donors (Lipinski definition) is 6. The van der Waals surface area contributed by atoms with Crippen LogP contribution in [0.5, 0.6) is 11.5 Å². The molecular formula is C40H54N6O4S. The van der Waals surface area contributed by atoms with Gasteiger partial charge in [0.25, 0.3) is 0 Å². The normalized spacial score (nSPS) is 13.7. The molecule has 4 amide bonds. The molecule has 51 heavy (non-hydrogen) atoms. The zero-order chi connectivity index (χ0) is 36.6. The number of carbonyl (C=O) groups excluding carboxylic acids is 2. The SMILES string of the molecule is C[C@H](Cc1ccsc1)NC(=O)NC[C@H](Cc1ccc(O)cc1)N(C)CCC(Cc1ccccc1)NC(=O)NC[C@H](Cc1ccc(O)cc1)N(C)C. The van der Waals surface area contributed by atoms with Gasteiger partial charge in [0.15, 0.2) is 0 Å². The Morgan fingerprint density at radius 2 is 1.22 bits per heavy atom. The third-order valence-corrected chi connectivity index (χ3v) is 9.89. The molecule has 0 aliphatic heterocycles. The van der Waals surface area contributed by atoms with Gasteiger partial charge >= 0.3 is 12.1 Å². The summed E-state index contributed by atoms with van der Waals surface area (Å²) in [7, 11) is 6.05. The lowest BCUT2D eigenvalue weighted by atomic mass is 10.0. The van der Waals surface area contributed by atoms with Gasteiger partial charge < -0.3 is 41.3 Å². The Balaban J connectivity index is 1.37. The molecule has 4 atom stereocenters. The van der Waals surface area contributed by atoms with Crippen LogP contribution in [0.15, 0.2) is 95.7 Å². The van der Waals surface area contributed by atoms with Crippen molar-refractivity contribution < 1.29 is 19.8 Å². The van der Waals surface area contributed by atoms with Crippen LogP contribution in [0.1, 0.15) is 35.6 Å². The Bertz CT molecular complexity index is 1590. The first kappa shape index (κ1) is 39.2. The summed E-state index contributed by atoms with van der Waals surface area (Å²) in [5.74, 6) is 0.447. The van der Waals surface area contributed by atoms with E-state index < -0.39 is 0 Å². The third-order valence-electron chi connectivity index (χ3n) is 9.16. The predicted molar refractivity (Wildman–Crippen MR) is 207 cm³/mol. The number of urea groups is 2. The van der Waals surface area contributed by atoms with Crippen LogP contribution in [0.4, 0.5) is 9.59 Å². The fourth-order valence-corrected chi connectivity index (χ4v) is 6.72. The summed E-state index contributed by atoms with van der Waals surface area (Å²) in [4.78, 5) is 30.6. The molecule has 0 aliphatic rings. The zero-order valence-corrected chi connectivity index (χ0v) is 31.0. The molecule has 6 N–H and O–H groups in total. The van der Waals surface area contributed by atoms with Crippen LogP contribution < -0.4 is 21.3 Å². The molecule has 1 aromatic heterocycles. The fraction of sp³-hybridized carbons (Fsp3) is 0.400. The van der Waals surface area contributed by atoms with Crippen molar-refractivity contribution in [3.8, 4) is 11.5 Å². The van der Waals surface area contributed by atoms with Crippen molar-refractivity contribution in [3.63, 3.8) is 0 Å². The van der Waals surface area contributed by atoms with Crippen LogP contribution in [0.2, 0.25) is 0 Å². The smallest absolute Gasteiger partial charge is 0.315 e. The average Bonchev–Trinajstić information content (AvgIpc) is 3.62. The topological polar surface area (TPSA) is 129 Å². The highest BCUT2D eigenvalue weighted by molar-refractivity contribution is 7.07. The maximum atomic E-state index is 13.3. The summed E-state index contributed by atoms with van der Waals surface area (Å²) in [6.45, 7) is 3.58. The molecule has 0 saturated carbocycles. The number of hydrogen-bond acceptors (Lipinski definition) is 7. The molecule has 0 fully saturated rings. The van der Waals surface area contributed by atoms with Gasteiger partial charge in [0.05, 0.1) is 0 Å². The molecule has 274 valence electrons. The van der Waals surface area contributed by atoms with Gasteiger partial charge in [-0.25, -0.2) is 9.59 Å². The number of thiophene rings is 1. The minimum absolute atomic E-state index is 0.00958. The average molecular weight is 715 g/mol. The Morgan fingerprint density at radius 3 is 1.78 bits per heavy atom. The molecule has 0 saturated heterocycles. The van der Waals surface area contributed by atoms with E-state index in [1.165, 1.54) is 5.56 Å². The number of likely N-dealkylation sites (N-methyl/N-ethyl adjacent to an activating group) is 2. The van der Waals surface area contributed by atoms with Gasteiger partial charge in [0.1, 0.15) is 11.5 Å². The standard InChI is InChI=1S/C40H54N6O4S/c1-29(22-33-19-21-51-28-33)43-39(49)42-27-36(25-32-12-16-38(48)17-13-32)46(4)20-18-34(23-30-8-6-5-7-9-30)44-40(50)41-26-35(45(2)3)24-31-10-14-37(47)15-11-31/h5-17,19,21,28-29,34-36,47-48H,18,20,22-27H2,1-4H3,(H2,41,44,50)(H2,42,43,49)/t29-,34?,35+,36+/m1/s1. The molecule has 4 aromatic rings. The zero-order valence-electron chi connectivity index (χ0n) is 30.2. The third kappa shape index (κ3) is 14.3. The first-order valence-corrected chi connectivity index (χ1v) is 18.5. The van der Waals surface area contributed by atoms with Gasteiger partial charge in [-0.2, -0.15) is 11.3 Å². The lowest BCUT2D eigenvalue weighted by molar-refractivity contribution is 0.206. The number of nitrogens with zero attached hydrogens (tertiary/aromatic N) is 2. The molecule has 0 bridgehead atoms. The maximum absolute atomic E-state index is 13.3. The number of rotatable bonds is 19. The molecule has 4 rings (SSSR count). The van der Waals surface area contributed by atoms with Gasteiger partial charge in [-0.1, -0.05) is 54.6 Å². The second kappa shape index (κ2) is 20.3. The fourth-order valence-electron chi connectivity index (χ4n) is 6.04.